The van der Waals surface area contributed by atoms with Crippen LogP contribution < -0.4 is 4.74 Å². The second-order valence-corrected chi connectivity index (χ2v) is 6.83. The molecule has 0 aliphatic carbocycles. The number of hydrogen-bond donors (Lipinski definition) is 0. The Morgan fingerprint density at radius 1 is 1.12 bits per heavy atom. The number of aromatic nitrogens is 2. The zero-order valence-electron chi connectivity index (χ0n) is 15.7. The van der Waals surface area contributed by atoms with Crippen molar-refractivity contribution in [1.82, 2.24) is 14.5 Å². The van der Waals surface area contributed by atoms with Crippen molar-refractivity contribution in [3.63, 3.8) is 0 Å². The lowest BCUT2D eigenvalue weighted by Gasteiger charge is -2.19. The molecular formula is C21H26ClN3O. The molecule has 0 unspecified atom stereocenters. The zero-order valence-corrected chi connectivity index (χ0v) is 16.5. The van der Waals surface area contributed by atoms with E-state index in [1.807, 2.05) is 36.4 Å². The van der Waals surface area contributed by atoms with Gasteiger partial charge in [-0.15, -0.1) is 0 Å². The van der Waals surface area contributed by atoms with Crippen LogP contribution >= 0.6 is 11.6 Å². The van der Waals surface area contributed by atoms with E-state index in [1.165, 1.54) is 0 Å². The van der Waals surface area contributed by atoms with Crippen LogP contribution in [0.2, 0.25) is 5.02 Å². The Balaban J connectivity index is 1.87. The van der Waals surface area contributed by atoms with Crippen LogP contribution in [-0.4, -0.2) is 34.1 Å². The Morgan fingerprint density at radius 3 is 2.62 bits per heavy atom. The Bertz CT molecular complexity index is 871. The molecule has 5 heteroatoms. The van der Waals surface area contributed by atoms with Crippen molar-refractivity contribution in [3.8, 4) is 5.75 Å². The number of hydrogen-bond acceptors (Lipinski definition) is 3. The number of imidazole rings is 1. The third kappa shape index (κ3) is 4.19. The summed E-state index contributed by atoms with van der Waals surface area (Å²) in [4.78, 5) is 7.19. The second-order valence-electron chi connectivity index (χ2n) is 6.39. The third-order valence-electron chi connectivity index (χ3n) is 4.77. The van der Waals surface area contributed by atoms with Gasteiger partial charge in [0.25, 0.3) is 0 Å². The Hall–Kier alpha value is -2.04. The van der Waals surface area contributed by atoms with Gasteiger partial charge in [-0.3, -0.25) is 0 Å². The molecule has 0 aliphatic rings. The van der Waals surface area contributed by atoms with E-state index >= 15 is 0 Å². The van der Waals surface area contributed by atoms with Crippen molar-refractivity contribution >= 4 is 22.6 Å². The number of nitrogens with zero attached hydrogens (tertiary/aromatic N) is 3. The molecule has 3 aromatic rings. The van der Waals surface area contributed by atoms with Crippen LogP contribution in [0.15, 0.2) is 42.5 Å². The lowest BCUT2D eigenvalue weighted by Crippen LogP contribution is -2.27. The van der Waals surface area contributed by atoms with Gasteiger partial charge in [0.05, 0.1) is 11.0 Å². The summed E-state index contributed by atoms with van der Waals surface area (Å²) >= 11 is 6.23. The first-order valence-electron chi connectivity index (χ1n) is 9.17. The van der Waals surface area contributed by atoms with Gasteiger partial charge in [0, 0.05) is 18.1 Å². The van der Waals surface area contributed by atoms with Crippen molar-refractivity contribution in [2.24, 2.45) is 0 Å². The molecule has 0 N–H and O–H groups in total. The number of benzene rings is 2. The highest BCUT2D eigenvalue weighted by molar-refractivity contribution is 6.31. The molecule has 2 aromatic carbocycles. The Labute approximate surface area is 160 Å². The first-order valence-corrected chi connectivity index (χ1v) is 9.55. The molecule has 1 heterocycles. The van der Waals surface area contributed by atoms with Crippen LogP contribution in [0.4, 0.5) is 0 Å². The molecule has 138 valence electrons. The maximum absolute atomic E-state index is 6.23. The Kier molecular flexibility index (Phi) is 6.17. The van der Waals surface area contributed by atoms with E-state index in [1.54, 1.807) is 0 Å². The van der Waals surface area contributed by atoms with E-state index in [2.05, 4.69) is 36.3 Å². The molecule has 0 spiro atoms. The van der Waals surface area contributed by atoms with Gasteiger partial charge >= 0.3 is 0 Å². The summed E-state index contributed by atoms with van der Waals surface area (Å²) in [5.41, 5.74) is 3.15. The van der Waals surface area contributed by atoms with Crippen LogP contribution in [0.25, 0.3) is 11.0 Å². The molecule has 0 radical (unpaired) electrons. The van der Waals surface area contributed by atoms with Gasteiger partial charge in [0.15, 0.2) is 0 Å². The summed E-state index contributed by atoms with van der Waals surface area (Å²) in [5, 5.41) is 0.730. The van der Waals surface area contributed by atoms with E-state index in [0.29, 0.717) is 6.61 Å². The van der Waals surface area contributed by atoms with Gasteiger partial charge in [-0.25, -0.2) is 4.98 Å². The number of likely N-dealkylation sites (N-methyl/N-ethyl adjacent to an activating group) is 1. The van der Waals surface area contributed by atoms with Crippen molar-refractivity contribution in [2.75, 3.05) is 19.6 Å². The van der Waals surface area contributed by atoms with Crippen LogP contribution in [0.5, 0.6) is 5.75 Å². The molecule has 0 atom stereocenters. The zero-order chi connectivity index (χ0) is 18.5. The van der Waals surface area contributed by atoms with Gasteiger partial charge in [-0.2, -0.15) is 0 Å². The fourth-order valence-corrected chi connectivity index (χ4v) is 3.31. The summed E-state index contributed by atoms with van der Waals surface area (Å²) in [6.45, 7) is 10.8. The van der Waals surface area contributed by atoms with E-state index in [0.717, 1.165) is 59.4 Å². The number of rotatable bonds is 8. The van der Waals surface area contributed by atoms with Crippen LogP contribution in [0, 0.1) is 6.92 Å². The highest BCUT2D eigenvalue weighted by Crippen LogP contribution is 2.23. The standard InChI is InChI=1S/C21H26ClN3O/c1-4-24(5-2)12-13-25-19-14-17(22)10-11-18(19)23-21(25)15-26-20-9-7-6-8-16(20)3/h6-11,14H,4-5,12-13,15H2,1-3H3. The molecule has 0 saturated carbocycles. The average Bonchev–Trinajstić information content (AvgIpc) is 2.99. The van der Waals surface area contributed by atoms with E-state index < -0.39 is 0 Å². The first kappa shape index (κ1) is 18.7. The van der Waals surface area contributed by atoms with Crippen molar-refractivity contribution in [3.05, 3.63) is 58.9 Å². The second kappa shape index (κ2) is 8.56. The van der Waals surface area contributed by atoms with Crippen LogP contribution in [-0.2, 0) is 13.2 Å². The first-order chi connectivity index (χ1) is 12.6. The molecule has 3 rings (SSSR count). The van der Waals surface area contributed by atoms with E-state index in [9.17, 15) is 0 Å². The summed E-state index contributed by atoms with van der Waals surface area (Å²) in [7, 11) is 0. The number of fused-ring (bicyclic) bond motifs is 1. The molecule has 0 aliphatic heterocycles. The SMILES string of the molecule is CCN(CC)CCn1c(COc2ccccc2C)nc2ccc(Cl)cc21. The lowest BCUT2D eigenvalue weighted by molar-refractivity contribution is 0.270. The average molecular weight is 372 g/mol. The van der Waals surface area contributed by atoms with Gasteiger partial charge in [0.2, 0.25) is 0 Å². The van der Waals surface area contributed by atoms with Gasteiger partial charge in [-0.1, -0.05) is 43.6 Å². The smallest absolute Gasteiger partial charge is 0.148 e. The number of ether oxygens (including phenoxy) is 1. The summed E-state index contributed by atoms with van der Waals surface area (Å²) in [6, 6.07) is 13.9. The molecule has 1 aromatic heterocycles. The predicted molar refractivity (Wildman–Crippen MR) is 108 cm³/mol. The minimum Gasteiger partial charge on any atom is -0.485 e. The normalized spacial score (nSPS) is 11.4. The summed E-state index contributed by atoms with van der Waals surface area (Å²) in [5.74, 6) is 1.82. The predicted octanol–water partition coefficient (Wildman–Crippen LogP) is 4.92. The number of halogens is 1. The quantitative estimate of drug-likeness (QED) is 0.563. The van der Waals surface area contributed by atoms with Crippen molar-refractivity contribution in [1.29, 1.82) is 0 Å². The highest BCUT2D eigenvalue weighted by atomic mass is 35.5. The fraction of sp³-hybridized carbons (Fsp3) is 0.381. The summed E-state index contributed by atoms with van der Waals surface area (Å²) < 4.78 is 8.29. The lowest BCUT2D eigenvalue weighted by atomic mass is 10.2. The largest absolute Gasteiger partial charge is 0.485 e. The van der Waals surface area contributed by atoms with Crippen molar-refractivity contribution < 1.29 is 4.74 Å². The fourth-order valence-electron chi connectivity index (χ4n) is 3.15. The maximum Gasteiger partial charge on any atom is 0.148 e. The molecule has 0 fully saturated rings. The molecule has 0 bridgehead atoms. The number of para-hydroxylation sites is 1. The molecule has 0 amide bonds. The topological polar surface area (TPSA) is 30.3 Å². The molecular weight excluding hydrogens is 346 g/mol. The third-order valence-corrected chi connectivity index (χ3v) is 5.01. The highest BCUT2D eigenvalue weighted by Gasteiger charge is 2.13. The van der Waals surface area contributed by atoms with Crippen LogP contribution in [0.1, 0.15) is 25.2 Å². The van der Waals surface area contributed by atoms with Gasteiger partial charge in [-0.05, 0) is 49.8 Å². The maximum atomic E-state index is 6.23. The van der Waals surface area contributed by atoms with Crippen LogP contribution in [0.3, 0.4) is 0 Å². The minimum atomic E-state index is 0.440. The van der Waals surface area contributed by atoms with Gasteiger partial charge < -0.3 is 14.2 Å². The molecule has 26 heavy (non-hydrogen) atoms. The van der Waals surface area contributed by atoms with E-state index in [-0.39, 0.29) is 0 Å². The van der Waals surface area contributed by atoms with E-state index in [4.69, 9.17) is 21.3 Å². The molecule has 4 nitrogen and oxygen atoms in total. The Morgan fingerprint density at radius 2 is 1.88 bits per heavy atom. The minimum absolute atomic E-state index is 0.440. The summed E-state index contributed by atoms with van der Waals surface area (Å²) in [6.07, 6.45) is 0. The number of aryl methyl sites for hydroxylation is 1. The van der Waals surface area contributed by atoms with Crippen molar-refractivity contribution in [2.45, 2.75) is 33.9 Å². The van der Waals surface area contributed by atoms with Gasteiger partial charge in [0.1, 0.15) is 18.2 Å². The monoisotopic (exact) mass is 371 g/mol. The molecule has 0 saturated heterocycles.